The molecule has 0 aliphatic rings. The Labute approximate surface area is 239 Å². The van der Waals surface area contributed by atoms with Crippen LogP contribution in [0.25, 0.3) is 16.8 Å². The number of carbonyl (C=O) groups is 1. The minimum Gasteiger partial charge on any atom is -0.496 e. The van der Waals surface area contributed by atoms with Crippen LogP contribution in [0.15, 0.2) is 109 Å². The van der Waals surface area contributed by atoms with Crippen LogP contribution >= 0.6 is 0 Å². The number of rotatable bonds is 8. The molecule has 0 aliphatic heterocycles. The van der Waals surface area contributed by atoms with Crippen molar-refractivity contribution in [2.75, 3.05) is 23.4 Å². The molecule has 4 rings (SSSR count). The molecule has 0 saturated heterocycles. The van der Waals surface area contributed by atoms with Gasteiger partial charge in [0, 0.05) is 22.6 Å². The number of benzene rings is 4. The van der Waals surface area contributed by atoms with Crippen molar-refractivity contribution >= 4 is 43.0 Å². The normalized spacial score (nSPS) is 11.0. The first-order valence-electron chi connectivity index (χ1n) is 12.0. The quantitative estimate of drug-likeness (QED) is 0.236. The van der Waals surface area contributed by atoms with Gasteiger partial charge in [-0.15, -0.1) is 0 Å². The van der Waals surface area contributed by atoms with Crippen LogP contribution in [-0.2, 0) is 20.0 Å². The number of anilines is 2. The second kappa shape index (κ2) is 13.1. The first-order valence-corrected chi connectivity index (χ1v) is 15.4. The molecule has 12 heteroatoms. The highest BCUT2D eigenvalue weighted by Crippen LogP contribution is 2.28. The maximum atomic E-state index is 12.8. The maximum Gasteiger partial charge on any atom is 0.259 e. The first kappa shape index (κ1) is 30.9. The van der Waals surface area contributed by atoms with Crippen molar-refractivity contribution in [1.29, 1.82) is 0 Å². The summed E-state index contributed by atoms with van der Waals surface area (Å²) in [6, 6.07) is 26.9. The van der Waals surface area contributed by atoms with Crippen molar-refractivity contribution in [2.45, 2.75) is 4.90 Å². The van der Waals surface area contributed by atoms with Crippen LogP contribution in [0.4, 0.5) is 11.4 Å². The zero-order valence-electron chi connectivity index (χ0n) is 22.4. The van der Waals surface area contributed by atoms with E-state index in [-0.39, 0.29) is 21.9 Å². The van der Waals surface area contributed by atoms with Gasteiger partial charge >= 0.3 is 0 Å². The van der Waals surface area contributed by atoms with Gasteiger partial charge in [-0.1, -0.05) is 67.2 Å². The topological polar surface area (TPSA) is 171 Å². The van der Waals surface area contributed by atoms with Crippen molar-refractivity contribution in [3.05, 3.63) is 115 Å². The van der Waals surface area contributed by atoms with Gasteiger partial charge in [0.05, 0.1) is 23.8 Å². The Kier molecular flexibility index (Phi) is 9.90. The lowest BCUT2D eigenvalue weighted by atomic mass is 10.1. The van der Waals surface area contributed by atoms with E-state index in [1.807, 2.05) is 30.3 Å². The van der Waals surface area contributed by atoms with E-state index in [1.54, 1.807) is 42.5 Å². The molecule has 0 fully saturated rings. The standard InChI is InChI=1S/C21H21N3O6S2.C8H9N/c1-30-19-12-11-16(24-31(2,26)27)13-18(19)21(25)23-15-9-7-14(8-10-15)17-5-3-4-6-20(17)32(22,28)29;1-7(9)8-5-3-2-4-6-8/h3-13,24H,1-2H3,(H,23,25)(H2,22,28,29);2-6H,1,9H2. The van der Waals surface area contributed by atoms with Crippen LogP contribution < -0.4 is 25.6 Å². The van der Waals surface area contributed by atoms with Gasteiger partial charge in [-0.25, -0.2) is 22.0 Å². The fraction of sp³-hybridized carbons (Fsp3) is 0.0690. The highest BCUT2D eigenvalue weighted by atomic mass is 32.2. The smallest absolute Gasteiger partial charge is 0.259 e. The van der Waals surface area contributed by atoms with Crippen LogP contribution in [0, 0.1) is 0 Å². The zero-order valence-corrected chi connectivity index (χ0v) is 24.0. The van der Waals surface area contributed by atoms with Gasteiger partial charge in [-0.3, -0.25) is 9.52 Å². The molecule has 41 heavy (non-hydrogen) atoms. The van der Waals surface area contributed by atoms with E-state index >= 15 is 0 Å². The molecule has 0 saturated carbocycles. The van der Waals surface area contributed by atoms with Crippen molar-refractivity contribution in [1.82, 2.24) is 0 Å². The van der Waals surface area contributed by atoms with Gasteiger partial charge in [-0.05, 0) is 47.5 Å². The van der Waals surface area contributed by atoms with Gasteiger partial charge in [0.15, 0.2) is 0 Å². The second-order valence-corrected chi connectivity index (χ2v) is 12.0. The third-order valence-corrected chi connectivity index (χ3v) is 7.11. The average molecular weight is 595 g/mol. The number of primary sulfonamides is 1. The van der Waals surface area contributed by atoms with Gasteiger partial charge in [0.1, 0.15) is 5.75 Å². The first-order chi connectivity index (χ1) is 19.3. The molecule has 4 aromatic rings. The molecule has 0 unspecified atom stereocenters. The Hall–Kier alpha value is -4.65. The molecule has 0 atom stereocenters. The molecule has 214 valence electrons. The molecule has 4 aromatic carbocycles. The Morgan fingerprint density at radius 1 is 0.829 bits per heavy atom. The Morgan fingerprint density at radius 2 is 1.41 bits per heavy atom. The fourth-order valence-corrected chi connectivity index (χ4v) is 5.02. The number of sulfonamides is 2. The highest BCUT2D eigenvalue weighted by molar-refractivity contribution is 7.92. The van der Waals surface area contributed by atoms with Crippen LogP contribution in [0.3, 0.4) is 0 Å². The number of nitrogens with two attached hydrogens (primary N) is 2. The van der Waals surface area contributed by atoms with E-state index in [1.165, 1.54) is 31.4 Å². The number of hydrogen-bond acceptors (Lipinski definition) is 7. The summed E-state index contributed by atoms with van der Waals surface area (Å²) in [6.45, 7) is 3.60. The van der Waals surface area contributed by atoms with Gasteiger partial charge in [-0.2, -0.15) is 0 Å². The van der Waals surface area contributed by atoms with Crippen LogP contribution in [-0.4, -0.2) is 36.1 Å². The summed E-state index contributed by atoms with van der Waals surface area (Å²) in [4.78, 5) is 12.8. The summed E-state index contributed by atoms with van der Waals surface area (Å²) in [5.74, 6) is -0.253. The number of methoxy groups -OCH3 is 1. The fourth-order valence-electron chi connectivity index (χ4n) is 3.70. The summed E-state index contributed by atoms with van der Waals surface area (Å²) < 4.78 is 54.1. The third-order valence-electron chi connectivity index (χ3n) is 5.54. The van der Waals surface area contributed by atoms with E-state index in [2.05, 4.69) is 16.6 Å². The van der Waals surface area contributed by atoms with E-state index < -0.39 is 26.0 Å². The maximum absolute atomic E-state index is 12.8. The van der Waals surface area contributed by atoms with E-state index in [9.17, 15) is 21.6 Å². The van der Waals surface area contributed by atoms with Crippen LogP contribution in [0.5, 0.6) is 5.75 Å². The minimum atomic E-state index is -3.90. The summed E-state index contributed by atoms with van der Waals surface area (Å²) in [5.41, 5.74) is 8.86. The van der Waals surface area contributed by atoms with Gasteiger partial charge in [0.25, 0.3) is 5.91 Å². The lowest BCUT2D eigenvalue weighted by molar-refractivity contribution is 0.102. The molecule has 0 bridgehead atoms. The van der Waals surface area contributed by atoms with E-state index in [4.69, 9.17) is 15.6 Å². The molecule has 1 amide bonds. The summed E-state index contributed by atoms with van der Waals surface area (Å²) >= 11 is 0. The molecule has 6 N–H and O–H groups in total. The molecular formula is C29H30N4O6S2. The minimum absolute atomic E-state index is 0.00304. The Balaban J connectivity index is 0.000000436. The second-order valence-electron chi connectivity index (χ2n) is 8.75. The van der Waals surface area contributed by atoms with Crippen molar-refractivity contribution in [2.24, 2.45) is 10.9 Å². The van der Waals surface area contributed by atoms with E-state index in [0.717, 1.165) is 11.8 Å². The largest absolute Gasteiger partial charge is 0.496 e. The molecular weight excluding hydrogens is 564 g/mol. The van der Waals surface area contributed by atoms with E-state index in [0.29, 0.717) is 22.5 Å². The van der Waals surface area contributed by atoms with Crippen LogP contribution in [0.1, 0.15) is 15.9 Å². The average Bonchev–Trinajstić information content (AvgIpc) is 2.93. The molecule has 0 aromatic heterocycles. The molecule has 0 spiro atoms. The molecule has 0 radical (unpaired) electrons. The Bertz CT molecular complexity index is 1760. The predicted octanol–water partition coefficient (Wildman–Crippen LogP) is 4.25. The molecule has 0 heterocycles. The molecule has 0 aliphatic carbocycles. The van der Waals surface area contributed by atoms with Crippen molar-refractivity contribution < 1.29 is 26.4 Å². The number of ether oxygens (including phenoxy) is 1. The summed E-state index contributed by atoms with van der Waals surface area (Å²) in [5, 5.41) is 8.00. The zero-order chi connectivity index (χ0) is 30.2. The monoisotopic (exact) mass is 594 g/mol. The lowest BCUT2D eigenvalue weighted by Crippen LogP contribution is -2.15. The highest BCUT2D eigenvalue weighted by Gasteiger charge is 2.17. The Morgan fingerprint density at radius 3 is 1.95 bits per heavy atom. The summed E-state index contributed by atoms with van der Waals surface area (Å²) in [6.07, 6.45) is 1.01. The number of carbonyl (C=O) groups excluding carboxylic acids is 1. The molecule has 10 nitrogen and oxygen atoms in total. The van der Waals surface area contributed by atoms with Crippen molar-refractivity contribution in [3.63, 3.8) is 0 Å². The number of hydrogen-bond donors (Lipinski definition) is 4. The number of nitrogens with one attached hydrogen (secondary N) is 2. The van der Waals surface area contributed by atoms with Gasteiger partial charge < -0.3 is 15.8 Å². The summed E-state index contributed by atoms with van der Waals surface area (Å²) in [7, 11) is -6.03. The predicted molar refractivity (Wildman–Crippen MR) is 162 cm³/mol. The lowest BCUT2D eigenvalue weighted by Gasteiger charge is -2.13. The SMILES string of the molecule is C=C(N)c1ccccc1.COc1ccc(NS(C)(=O)=O)cc1C(=O)Nc1ccc(-c2ccccc2S(N)(=O)=O)cc1. The van der Waals surface area contributed by atoms with Gasteiger partial charge in [0.2, 0.25) is 20.0 Å². The van der Waals surface area contributed by atoms with Crippen LogP contribution in [0.2, 0.25) is 0 Å². The number of amides is 1. The van der Waals surface area contributed by atoms with Crippen molar-refractivity contribution in [3.8, 4) is 16.9 Å². The third kappa shape index (κ3) is 8.93.